The quantitative estimate of drug-likeness (QED) is 0.581. The van der Waals surface area contributed by atoms with Crippen LogP contribution in [-0.4, -0.2) is 31.9 Å². The number of nitrogens with zero attached hydrogens (tertiary/aromatic N) is 2. The average Bonchev–Trinajstić information content (AvgIpc) is 3.25. The van der Waals surface area contributed by atoms with E-state index in [1.165, 1.54) is 17.6 Å². The van der Waals surface area contributed by atoms with Crippen molar-refractivity contribution in [3.05, 3.63) is 59.4 Å². The highest BCUT2D eigenvalue weighted by Crippen LogP contribution is 2.32. The summed E-state index contributed by atoms with van der Waals surface area (Å²) in [7, 11) is -3.32. The molecule has 1 aromatic heterocycles. The molecule has 0 aliphatic carbocycles. The Morgan fingerprint density at radius 3 is 2.79 bits per heavy atom. The van der Waals surface area contributed by atoms with E-state index in [2.05, 4.69) is 11.6 Å². The summed E-state index contributed by atoms with van der Waals surface area (Å²) in [5.74, 6) is 0.969. The minimum Gasteiger partial charge on any atom is -0.454 e. The fourth-order valence-corrected chi connectivity index (χ4v) is 4.86. The van der Waals surface area contributed by atoms with E-state index >= 15 is 0 Å². The second-order valence-electron chi connectivity index (χ2n) is 6.56. The molecule has 9 heteroatoms. The normalized spacial score (nSPS) is 13.8. The van der Waals surface area contributed by atoms with Crippen molar-refractivity contribution in [2.75, 3.05) is 13.0 Å². The second-order valence-corrected chi connectivity index (χ2v) is 9.58. The summed E-state index contributed by atoms with van der Waals surface area (Å²) in [5.41, 5.74) is 1.58. The molecule has 0 spiro atoms. The lowest BCUT2D eigenvalue weighted by Crippen LogP contribution is -2.16. The summed E-state index contributed by atoms with van der Waals surface area (Å²) in [5, 5.41) is 0. The van der Waals surface area contributed by atoms with Crippen LogP contribution in [0.5, 0.6) is 11.5 Å². The van der Waals surface area contributed by atoms with Crippen LogP contribution in [0.15, 0.2) is 58.9 Å². The summed E-state index contributed by atoms with van der Waals surface area (Å²) in [6.07, 6.45) is 2.99. The molecular weight excluding hydrogens is 412 g/mol. The molecule has 1 aliphatic heterocycles. The number of fused-ring (bicyclic) bond motifs is 2. The lowest BCUT2D eigenvalue weighted by Gasteiger charge is -2.03. The molecule has 0 N–H and O–H groups in total. The molecule has 0 atom stereocenters. The first kappa shape index (κ1) is 19.4. The van der Waals surface area contributed by atoms with Gasteiger partial charge in [-0.1, -0.05) is 23.5 Å². The van der Waals surface area contributed by atoms with Crippen LogP contribution < -0.4 is 14.3 Å². The molecule has 3 aromatic rings. The highest BCUT2D eigenvalue weighted by Gasteiger charge is 2.15. The first-order valence-electron chi connectivity index (χ1n) is 8.75. The number of rotatable bonds is 5. The van der Waals surface area contributed by atoms with E-state index in [0.29, 0.717) is 22.8 Å². The van der Waals surface area contributed by atoms with Gasteiger partial charge in [0.05, 0.1) is 21.5 Å². The van der Waals surface area contributed by atoms with Crippen molar-refractivity contribution in [3.63, 3.8) is 0 Å². The van der Waals surface area contributed by atoms with Crippen molar-refractivity contribution in [3.8, 4) is 11.5 Å². The van der Waals surface area contributed by atoms with Crippen LogP contribution in [0.4, 0.5) is 0 Å². The molecule has 0 saturated carbocycles. The number of benzene rings is 2. The Morgan fingerprint density at radius 1 is 1.24 bits per heavy atom. The minimum atomic E-state index is -3.32. The largest absolute Gasteiger partial charge is 0.454 e. The molecule has 150 valence electrons. The summed E-state index contributed by atoms with van der Waals surface area (Å²) in [6.45, 7) is 4.39. The van der Waals surface area contributed by atoms with Crippen molar-refractivity contribution < 1.29 is 22.7 Å². The number of sulfone groups is 1. The zero-order chi connectivity index (χ0) is 20.6. The van der Waals surface area contributed by atoms with E-state index in [4.69, 9.17) is 9.47 Å². The number of hydrogen-bond acceptors (Lipinski definition) is 6. The highest BCUT2D eigenvalue weighted by molar-refractivity contribution is 7.90. The van der Waals surface area contributed by atoms with Crippen molar-refractivity contribution >= 4 is 37.3 Å². The molecule has 0 unspecified atom stereocenters. The summed E-state index contributed by atoms with van der Waals surface area (Å²) in [6, 6.07) is 10.2. The Hall–Kier alpha value is -2.91. The summed E-state index contributed by atoms with van der Waals surface area (Å²) < 4.78 is 36.9. The van der Waals surface area contributed by atoms with E-state index < -0.39 is 9.84 Å². The van der Waals surface area contributed by atoms with E-state index in [9.17, 15) is 13.2 Å². The van der Waals surface area contributed by atoms with Crippen LogP contribution in [0.25, 0.3) is 10.2 Å². The van der Waals surface area contributed by atoms with Crippen molar-refractivity contribution in [1.29, 1.82) is 0 Å². The first-order chi connectivity index (χ1) is 13.8. The maximum Gasteiger partial charge on any atom is 0.252 e. The van der Waals surface area contributed by atoms with Crippen molar-refractivity contribution in [2.45, 2.75) is 17.9 Å². The molecule has 0 fully saturated rings. The maximum absolute atomic E-state index is 12.6. The third-order valence-electron chi connectivity index (χ3n) is 4.41. The van der Waals surface area contributed by atoms with Gasteiger partial charge in [0, 0.05) is 12.8 Å². The summed E-state index contributed by atoms with van der Waals surface area (Å²) in [4.78, 5) is 17.6. The standard InChI is InChI=1S/C20H18N2O5S2/c1-3-8-22-15-6-5-14(29(2,24)25)11-18(15)28-20(22)21-19(23)10-13-4-7-16-17(9-13)27-12-26-16/h3-7,9,11H,1,8,10,12H2,2H3. The zero-order valence-electron chi connectivity index (χ0n) is 15.6. The Kier molecular flexibility index (Phi) is 5.01. The number of aromatic nitrogens is 1. The van der Waals surface area contributed by atoms with E-state index in [-0.39, 0.29) is 24.0 Å². The number of carbonyl (C=O) groups excluding carboxylic acids is 1. The maximum atomic E-state index is 12.6. The van der Waals surface area contributed by atoms with E-state index in [0.717, 1.165) is 15.8 Å². The summed E-state index contributed by atoms with van der Waals surface area (Å²) >= 11 is 1.27. The van der Waals surface area contributed by atoms with Gasteiger partial charge in [0.25, 0.3) is 5.91 Å². The van der Waals surface area contributed by atoms with Gasteiger partial charge < -0.3 is 14.0 Å². The molecule has 1 amide bonds. The van der Waals surface area contributed by atoms with Crippen LogP contribution >= 0.6 is 11.3 Å². The Morgan fingerprint density at radius 2 is 2.03 bits per heavy atom. The van der Waals surface area contributed by atoms with Gasteiger partial charge in [-0.15, -0.1) is 6.58 Å². The van der Waals surface area contributed by atoms with Gasteiger partial charge in [0.2, 0.25) is 6.79 Å². The number of allylic oxidation sites excluding steroid dienone is 1. The predicted octanol–water partition coefficient (Wildman–Crippen LogP) is 2.69. The molecule has 0 bridgehead atoms. The fraction of sp³-hybridized carbons (Fsp3) is 0.200. The van der Waals surface area contributed by atoms with Crippen LogP contribution in [0.2, 0.25) is 0 Å². The number of carbonyl (C=O) groups is 1. The second kappa shape index (κ2) is 7.49. The fourth-order valence-electron chi connectivity index (χ4n) is 3.05. The number of thiazole rings is 1. The molecule has 0 saturated heterocycles. The molecule has 2 aromatic carbocycles. The third kappa shape index (κ3) is 3.96. The monoisotopic (exact) mass is 430 g/mol. The van der Waals surface area contributed by atoms with Gasteiger partial charge >= 0.3 is 0 Å². The SMILES string of the molecule is C=CCn1c(=NC(=O)Cc2ccc3c(c2)OCO3)sc2cc(S(C)(=O)=O)ccc21. The van der Waals surface area contributed by atoms with Crippen molar-refractivity contribution in [1.82, 2.24) is 4.57 Å². The van der Waals surface area contributed by atoms with Gasteiger partial charge in [-0.25, -0.2) is 8.42 Å². The highest BCUT2D eigenvalue weighted by atomic mass is 32.2. The van der Waals surface area contributed by atoms with Crippen LogP contribution in [0.1, 0.15) is 5.56 Å². The van der Waals surface area contributed by atoms with Gasteiger partial charge in [-0.05, 0) is 35.9 Å². The average molecular weight is 431 g/mol. The van der Waals surface area contributed by atoms with Gasteiger partial charge in [-0.2, -0.15) is 4.99 Å². The van der Waals surface area contributed by atoms with Crippen LogP contribution in [0, 0.1) is 0 Å². The predicted molar refractivity (Wildman–Crippen MR) is 110 cm³/mol. The third-order valence-corrected chi connectivity index (χ3v) is 6.56. The topological polar surface area (TPSA) is 87.0 Å². The lowest BCUT2D eigenvalue weighted by molar-refractivity contribution is -0.117. The molecular formula is C20H18N2O5S2. The van der Waals surface area contributed by atoms with Crippen LogP contribution in [0.3, 0.4) is 0 Å². The Balaban J connectivity index is 1.71. The van der Waals surface area contributed by atoms with Crippen LogP contribution in [-0.2, 0) is 27.6 Å². The molecule has 7 nitrogen and oxygen atoms in total. The number of hydrogen-bond donors (Lipinski definition) is 0. The molecule has 2 heterocycles. The van der Waals surface area contributed by atoms with Gasteiger partial charge in [0.15, 0.2) is 26.1 Å². The van der Waals surface area contributed by atoms with E-state index in [1.807, 2.05) is 10.6 Å². The minimum absolute atomic E-state index is 0.119. The van der Waals surface area contributed by atoms with E-state index in [1.54, 1.807) is 36.4 Å². The molecule has 29 heavy (non-hydrogen) atoms. The number of ether oxygens (including phenoxy) is 2. The molecule has 0 radical (unpaired) electrons. The lowest BCUT2D eigenvalue weighted by atomic mass is 10.1. The van der Waals surface area contributed by atoms with Gasteiger partial charge in [-0.3, -0.25) is 4.79 Å². The number of amides is 1. The van der Waals surface area contributed by atoms with Gasteiger partial charge in [0.1, 0.15) is 0 Å². The Bertz CT molecular complexity index is 1300. The first-order valence-corrected chi connectivity index (χ1v) is 11.5. The molecule has 1 aliphatic rings. The van der Waals surface area contributed by atoms with Crippen molar-refractivity contribution in [2.24, 2.45) is 4.99 Å². The molecule has 4 rings (SSSR count). The zero-order valence-corrected chi connectivity index (χ0v) is 17.3. The smallest absolute Gasteiger partial charge is 0.252 e. The Labute approximate surface area is 171 Å².